The summed E-state index contributed by atoms with van der Waals surface area (Å²) in [4.78, 5) is 17.3. The van der Waals surface area contributed by atoms with Gasteiger partial charge in [-0.1, -0.05) is 72.8 Å². The zero-order valence-electron chi connectivity index (χ0n) is 23.5. The lowest BCUT2D eigenvalue weighted by molar-refractivity contribution is 1.30. The zero-order chi connectivity index (χ0) is 29.9. The molecule has 2 aromatic carbocycles. The van der Waals surface area contributed by atoms with Gasteiger partial charge in [0.25, 0.3) is 0 Å². The first-order valence-corrected chi connectivity index (χ1v) is 14.1. The molecule has 0 aliphatic carbocycles. The largest absolute Gasteiger partial charge is 0.355 e. The lowest BCUT2D eigenvalue weighted by Gasteiger charge is -2.04. The fourth-order valence-corrected chi connectivity index (χ4v) is 5.49. The minimum absolute atomic E-state index is 0.0234. The third-order valence-electron chi connectivity index (χ3n) is 7.51. The van der Waals surface area contributed by atoms with Crippen LogP contribution in [-0.2, 0) is 0 Å². The molecule has 3 aromatic heterocycles. The van der Waals surface area contributed by atoms with Gasteiger partial charge in [0.2, 0.25) is 0 Å². The Hall–Kier alpha value is -6.50. The van der Waals surface area contributed by atoms with Crippen molar-refractivity contribution in [3.8, 4) is 34.4 Å². The second-order valence-corrected chi connectivity index (χ2v) is 10.3. The minimum atomic E-state index is 0.0234. The SMILES string of the molecule is N#CC(C#N)=C/C=C/c1c2nc(c(-c3ccccc3)c3ccc(cc4nc(c(-c5ccccc5)c5ccc1[nH]5)C=C4)[nH]3)C=C2. The van der Waals surface area contributed by atoms with Crippen LogP contribution in [0.15, 0.2) is 109 Å². The molecular weight excluding hydrogens is 540 g/mol. The quantitative estimate of drug-likeness (QED) is 0.164. The molecule has 6 heteroatoms. The van der Waals surface area contributed by atoms with Gasteiger partial charge in [-0.15, -0.1) is 0 Å². The van der Waals surface area contributed by atoms with Crippen LogP contribution in [0.2, 0.25) is 0 Å². The van der Waals surface area contributed by atoms with Gasteiger partial charge in [-0.3, -0.25) is 0 Å². The molecular formula is C38H24N6. The van der Waals surface area contributed by atoms with Crippen molar-refractivity contribution in [2.45, 2.75) is 0 Å². The number of fused-ring (bicyclic) bond motifs is 8. The second kappa shape index (κ2) is 11.4. The van der Waals surface area contributed by atoms with E-state index in [2.05, 4.69) is 58.5 Å². The standard InChI is InChI=1S/C38H24N6/c39-23-25(24-40)8-7-13-30-31-18-20-35(43-31)37(26-9-3-1-4-10-26)33-16-14-28(41-33)22-29-15-17-34(42-29)38(27-11-5-2-6-12-27)36-21-19-32(30)44-36/h1-22,41,44H/b13-7+,28-22?,29-22?,31-30?,32-30?,37-33?,37-35?,38-34?,38-36?. The highest BCUT2D eigenvalue weighted by atomic mass is 14.8. The van der Waals surface area contributed by atoms with Gasteiger partial charge in [0.05, 0.1) is 22.8 Å². The number of aromatic amines is 2. The van der Waals surface area contributed by atoms with Crippen LogP contribution in [0.1, 0.15) is 28.3 Å². The summed E-state index contributed by atoms with van der Waals surface area (Å²) < 4.78 is 0. The number of hydrogen-bond donors (Lipinski definition) is 2. The lowest BCUT2D eigenvalue weighted by atomic mass is 10.0. The second-order valence-electron chi connectivity index (χ2n) is 10.3. The number of hydrogen-bond acceptors (Lipinski definition) is 4. The van der Waals surface area contributed by atoms with Crippen LogP contribution in [0.4, 0.5) is 0 Å². The summed E-state index contributed by atoms with van der Waals surface area (Å²) >= 11 is 0. The molecule has 0 radical (unpaired) electrons. The first kappa shape index (κ1) is 26.4. The van der Waals surface area contributed by atoms with Gasteiger partial charge in [0, 0.05) is 38.8 Å². The predicted molar refractivity (Wildman–Crippen MR) is 178 cm³/mol. The van der Waals surface area contributed by atoms with E-state index in [-0.39, 0.29) is 5.57 Å². The Kier molecular flexibility index (Phi) is 6.85. The van der Waals surface area contributed by atoms with Crippen LogP contribution in [0.5, 0.6) is 0 Å². The van der Waals surface area contributed by atoms with Crippen LogP contribution < -0.4 is 0 Å². The number of rotatable bonds is 4. The molecule has 5 aromatic rings. The summed E-state index contributed by atoms with van der Waals surface area (Å²) in [5, 5.41) is 18.5. The molecule has 2 N–H and O–H groups in total. The molecule has 6 nitrogen and oxygen atoms in total. The maximum atomic E-state index is 9.26. The number of H-pyrrole nitrogens is 2. The molecule has 0 atom stereocenters. The number of nitriles is 2. The zero-order valence-corrected chi connectivity index (χ0v) is 23.5. The molecule has 0 saturated carbocycles. The van der Waals surface area contributed by atoms with Crippen LogP contribution in [0, 0.1) is 22.7 Å². The van der Waals surface area contributed by atoms with E-state index in [1.165, 1.54) is 6.08 Å². The van der Waals surface area contributed by atoms with Crippen molar-refractivity contribution in [1.29, 1.82) is 10.5 Å². The fourth-order valence-electron chi connectivity index (χ4n) is 5.49. The normalized spacial score (nSPS) is 11.8. The molecule has 0 unspecified atom stereocenters. The predicted octanol–water partition coefficient (Wildman–Crippen LogP) is 8.98. The van der Waals surface area contributed by atoms with Gasteiger partial charge in [0.1, 0.15) is 17.7 Å². The topological polar surface area (TPSA) is 105 Å². The number of nitrogens with one attached hydrogen (secondary N) is 2. The van der Waals surface area contributed by atoms with Crippen molar-refractivity contribution in [2.24, 2.45) is 0 Å². The van der Waals surface area contributed by atoms with E-state index in [1.54, 1.807) is 6.08 Å². The Morgan fingerprint density at radius 2 is 1.20 bits per heavy atom. The van der Waals surface area contributed by atoms with E-state index in [0.717, 1.165) is 72.7 Å². The average Bonchev–Trinajstić information content (AvgIpc) is 3.89. The van der Waals surface area contributed by atoms with Gasteiger partial charge < -0.3 is 9.97 Å². The van der Waals surface area contributed by atoms with E-state index < -0.39 is 0 Å². The van der Waals surface area contributed by atoms with E-state index in [9.17, 15) is 10.5 Å². The molecule has 0 amide bonds. The van der Waals surface area contributed by atoms with Crippen LogP contribution in [-0.4, -0.2) is 19.9 Å². The van der Waals surface area contributed by atoms with Crippen molar-refractivity contribution in [1.82, 2.24) is 19.9 Å². The first-order chi connectivity index (χ1) is 21.7. The van der Waals surface area contributed by atoms with Crippen LogP contribution in [0.3, 0.4) is 0 Å². The van der Waals surface area contributed by atoms with E-state index in [4.69, 9.17) is 9.97 Å². The van der Waals surface area contributed by atoms with E-state index >= 15 is 0 Å². The maximum Gasteiger partial charge on any atom is 0.129 e. The molecule has 206 valence electrons. The summed E-state index contributed by atoms with van der Waals surface area (Å²) in [6.45, 7) is 0. The Morgan fingerprint density at radius 1 is 0.614 bits per heavy atom. The van der Waals surface area contributed by atoms with Gasteiger partial charge in [-0.25, -0.2) is 9.97 Å². The fraction of sp³-hybridized carbons (Fsp3) is 0. The molecule has 2 aliphatic heterocycles. The smallest absolute Gasteiger partial charge is 0.129 e. The summed E-state index contributed by atoms with van der Waals surface area (Å²) in [7, 11) is 0. The minimum Gasteiger partial charge on any atom is -0.355 e. The first-order valence-electron chi connectivity index (χ1n) is 14.1. The van der Waals surface area contributed by atoms with Crippen molar-refractivity contribution < 1.29 is 0 Å². The Balaban J connectivity index is 1.61. The van der Waals surface area contributed by atoms with Crippen molar-refractivity contribution >= 4 is 52.4 Å². The number of allylic oxidation sites excluding steroid dienone is 3. The number of aromatic nitrogens is 4. The summed E-state index contributed by atoms with van der Waals surface area (Å²) in [5.41, 5.74) is 11.8. The average molecular weight is 565 g/mol. The van der Waals surface area contributed by atoms with Crippen LogP contribution in [0.25, 0.3) is 74.7 Å². The van der Waals surface area contributed by atoms with Gasteiger partial charge in [0.15, 0.2) is 0 Å². The molecule has 44 heavy (non-hydrogen) atoms. The van der Waals surface area contributed by atoms with Crippen molar-refractivity contribution in [3.63, 3.8) is 0 Å². The third kappa shape index (κ3) is 5.05. The summed E-state index contributed by atoms with van der Waals surface area (Å²) in [6, 6.07) is 34.5. The summed E-state index contributed by atoms with van der Waals surface area (Å²) in [5.74, 6) is 0. The molecule has 2 aliphatic rings. The van der Waals surface area contributed by atoms with Gasteiger partial charge >= 0.3 is 0 Å². The Bertz CT molecular complexity index is 2230. The third-order valence-corrected chi connectivity index (χ3v) is 7.51. The van der Waals surface area contributed by atoms with Crippen molar-refractivity contribution in [2.75, 3.05) is 0 Å². The molecule has 0 spiro atoms. The highest BCUT2D eigenvalue weighted by Crippen LogP contribution is 2.33. The monoisotopic (exact) mass is 564 g/mol. The highest BCUT2D eigenvalue weighted by Gasteiger charge is 2.15. The van der Waals surface area contributed by atoms with Gasteiger partial charge in [-0.05, 0) is 71.8 Å². The molecule has 7 rings (SSSR count). The Labute approximate surface area is 254 Å². The van der Waals surface area contributed by atoms with Crippen molar-refractivity contribution in [3.05, 3.63) is 137 Å². The van der Waals surface area contributed by atoms with Gasteiger partial charge in [-0.2, -0.15) is 10.5 Å². The van der Waals surface area contributed by atoms with E-state index in [0.29, 0.717) is 0 Å². The number of benzene rings is 2. The molecule has 0 saturated heterocycles. The summed E-state index contributed by atoms with van der Waals surface area (Å²) in [6.07, 6.45) is 13.2. The lowest BCUT2D eigenvalue weighted by Crippen LogP contribution is -1.87. The molecule has 5 heterocycles. The van der Waals surface area contributed by atoms with Crippen LogP contribution >= 0.6 is 0 Å². The molecule has 8 bridgehead atoms. The highest BCUT2D eigenvalue weighted by molar-refractivity contribution is 5.95. The molecule has 0 fully saturated rings. The maximum absolute atomic E-state index is 9.26. The Morgan fingerprint density at radius 3 is 1.91 bits per heavy atom. The number of nitrogens with zero attached hydrogens (tertiary/aromatic N) is 4. The van der Waals surface area contributed by atoms with E-state index in [1.807, 2.05) is 85.0 Å².